The van der Waals surface area contributed by atoms with Crippen molar-refractivity contribution in [3.8, 4) is 0 Å². The summed E-state index contributed by atoms with van der Waals surface area (Å²) in [4.78, 5) is 37.0. The fourth-order valence-electron chi connectivity index (χ4n) is 3.33. The van der Waals surface area contributed by atoms with Gasteiger partial charge in [-0.3, -0.25) is 14.4 Å². The van der Waals surface area contributed by atoms with Gasteiger partial charge in [-0.1, -0.05) is 12.8 Å². The standard InChI is InChI=1S/C16H21NO5/c1-11-7-6-10-17(11)16(8-4-5-9-16)13(18)12(14(19)21-2)15(20)22-3/h6-7,10,12H,4-5,8-9H2,1-3H3. The number of carbonyl (C=O) groups is 3. The summed E-state index contributed by atoms with van der Waals surface area (Å²) in [6.45, 7) is 1.90. The quantitative estimate of drug-likeness (QED) is 0.610. The van der Waals surface area contributed by atoms with E-state index in [0.717, 1.165) is 32.8 Å². The number of rotatable bonds is 5. The Labute approximate surface area is 129 Å². The molecule has 1 fully saturated rings. The van der Waals surface area contributed by atoms with Gasteiger partial charge in [-0.25, -0.2) is 0 Å². The van der Waals surface area contributed by atoms with Crippen molar-refractivity contribution in [1.29, 1.82) is 0 Å². The fraction of sp³-hybridized carbons (Fsp3) is 0.562. The summed E-state index contributed by atoms with van der Waals surface area (Å²) in [5.74, 6) is -3.71. The molecule has 120 valence electrons. The average Bonchev–Trinajstić information content (AvgIpc) is 3.16. The molecule has 0 spiro atoms. The number of Topliss-reactive ketones (excluding diaryl/α,β-unsaturated/α-hetero) is 1. The fourth-order valence-corrected chi connectivity index (χ4v) is 3.33. The summed E-state index contributed by atoms with van der Waals surface area (Å²) >= 11 is 0. The maximum absolute atomic E-state index is 13.1. The van der Waals surface area contributed by atoms with E-state index in [4.69, 9.17) is 0 Å². The zero-order chi connectivity index (χ0) is 16.3. The van der Waals surface area contributed by atoms with Crippen LogP contribution in [-0.2, 0) is 29.4 Å². The van der Waals surface area contributed by atoms with Crippen LogP contribution in [0.15, 0.2) is 18.3 Å². The van der Waals surface area contributed by atoms with Crippen LogP contribution in [0.3, 0.4) is 0 Å². The van der Waals surface area contributed by atoms with Gasteiger partial charge in [-0.05, 0) is 31.9 Å². The van der Waals surface area contributed by atoms with Crippen molar-refractivity contribution in [3.63, 3.8) is 0 Å². The third-order valence-corrected chi connectivity index (χ3v) is 4.44. The van der Waals surface area contributed by atoms with E-state index in [1.54, 1.807) is 0 Å². The maximum Gasteiger partial charge on any atom is 0.327 e. The SMILES string of the molecule is COC(=O)C(C(=O)OC)C(=O)C1(n2cccc2C)CCCC1. The second-order valence-corrected chi connectivity index (χ2v) is 5.60. The molecule has 6 nitrogen and oxygen atoms in total. The number of hydrogen-bond donors (Lipinski definition) is 0. The molecular formula is C16H21NO5. The number of esters is 2. The molecule has 0 aliphatic heterocycles. The molecule has 22 heavy (non-hydrogen) atoms. The van der Waals surface area contributed by atoms with E-state index < -0.39 is 29.2 Å². The topological polar surface area (TPSA) is 74.6 Å². The van der Waals surface area contributed by atoms with E-state index in [0.29, 0.717) is 12.8 Å². The summed E-state index contributed by atoms with van der Waals surface area (Å²) in [5, 5.41) is 0. The summed E-state index contributed by atoms with van der Waals surface area (Å²) in [6, 6.07) is 3.76. The molecule has 0 radical (unpaired) electrons. The molecule has 1 aliphatic rings. The predicted octanol–water partition coefficient (Wildman–Crippen LogP) is 1.60. The Hall–Kier alpha value is -2.11. The van der Waals surface area contributed by atoms with Gasteiger partial charge in [0.25, 0.3) is 0 Å². The van der Waals surface area contributed by atoms with E-state index in [1.165, 1.54) is 0 Å². The largest absolute Gasteiger partial charge is 0.468 e. The number of nitrogens with zero attached hydrogens (tertiary/aromatic N) is 1. The van der Waals surface area contributed by atoms with Crippen LogP contribution < -0.4 is 0 Å². The highest BCUT2D eigenvalue weighted by atomic mass is 16.5. The molecule has 1 heterocycles. The third kappa shape index (κ3) is 2.53. The van der Waals surface area contributed by atoms with Crippen LogP contribution in [0.2, 0.25) is 0 Å². The van der Waals surface area contributed by atoms with E-state index in [-0.39, 0.29) is 0 Å². The van der Waals surface area contributed by atoms with Crippen molar-refractivity contribution < 1.29 is 23.9 Å². The van der Waals surface area contributed by atoms with Gasteiger partial charge in [0.2, 0.25) is 5.92 Å². The molecule has 6 heteroatoms. The summed E-state index contributed by atoms with van der Waals surface area (Å²) in [7, 11) is 2.32. The Morgan fingerprint density at radius 3 is 2.09 bits per heavy atom. The van der Waals surface area contributed by atoms with Gasteiger partial charge in [0.15, 0.2) is 5.78 Å². The predicted molar refractivity (Wildman–Crippen MR) is 78.1 cm³/mol. The van der Waals surface area contributed by atoms with Gasteiger partial charge in [0.1, 0.15) is 5.54 Å². The molecule has 0 amide bonds. The number of methoxy groups -OCH3 is 2. The number of aryl methyl sites for hydroxylation is 1. The summed E-state index contributed by atoms with van der Waals surface area (Å²) in [5.41, 5.74) is 0.0457. The van der Waals surface area contributed by atoms with Crippen LogP contribution in [-0.4, -0.2) is 36.5 Å². The first kappa shape index (κ1) is 16.3. The highest BCUT2D eigenvalue weighted by molar-refractivity contribution is 6.17. The highest BCUT2D eigenvalue weighted by Crippen LogP contribution is 2.40. The Bertz CT molecular complexity index is 567. The van der Waals surface area contributed by atoms with E-state index in [2.05, 4.69) is 9.47 Å². The minimum atomic E-state index is -1.53. The van der Waals surface area contributed by atoms with Crippen LogP contribution in [0.4, 0.5) is 0 Å². The minimum Gasteiger partial charge on any atom is -0.468 e. The second-order valence-electron chi connectivity index (χ2n) is 5.60. The van der Waals surface area contributed by atoms with E-state index >= 15 is 0 Å². The lowest BCUT2D eigenvalue weighted by Crippen LogP contribution is -2.48. The first-order valence-corrected chi connectivity index (χ1v) is 7.32. The van der Waals surface area contributed by atoms with Crippen LogP contribution >= 0.6 is 0 Å². The molecule has 1 aromatic rings. The van der Waals surface area contributed by atoms with Crippen LogP contribution in [0.5, 0.6) is 0 Å². The van der Waals surface area contributed by atoms with Gasteiger partial charge >= 0.3 is 11.9 Å². The number of hydrogen-bond acceptors (Lipinski definition) is 5. The smallest absolute Gasteiger partial charge is 0.327 e. The summed E-state index contributed by atoms with van der Waals surface area (Å²) < 4.78 is 11.2. The lowest BCUT2D eigenvalue weighted by atomic mass is 9.83. The molecule has 0 aromatic carbocycles. The van der Waals surface area contributed by atoms with Gasteiger partial charge < -0.3 is 14.0 Å². The first-order valence-electron chi connectivity index (χ1n) is 7.32. The maximum atomic E-state index is 13.1. The molecule has 0 saturated heterocycles. The Morgan fingerprint density at radius 1 is 1.14 bits per heavy atom. The zero-order valence-corrected chi connectivity index (χ0v) is 13.1. The molecule has 0 N–H and O–H groups in total. The molecule has 0 atom stereocenters. The van der Waals surface area contributed by atoms with Crippen molar-refractivity contribution in [3.05, 3.63) is 24.0 Å². The van der Waals surface area contributed by atoms with Crippen molar-refractivity contribution in [2.75, 3.05) is 14.2 Å². The number of aromatic nitrogens is 1. The first-order chi connectivity index (χ1) is 10.5. The second kappa shape index (κ2) is 6.34. The highest BCUT2D eigenvalue weighted by Gasteiger charge is 2.51. The molecule has 1 saturated carbocycles. The van der Waals surface area contributed by atoms with Gasteiger partial charge in [-0.15, -0.1) is 0 Å². The number of ketones is 1. The molecular weight excluding hydrogens is 286 g/mol. The van der Waals surface area contributed by atoms with E-state index in [1.807, 2.05) is 29.8 Å². The molecule has 1 aromatic heterocycles. The monoisotopic (exact) mass is 307 g/mol. The Balaban J connectivity index is 2.47. The van der Waals surface area contributed by atoms with Gasteiger partial charge in [0, 0.05) is 11.9 Å². The van der Waals surface area contributed by atoms with Crippen LogP contribution in [0.25, 0.3) is 0 Å². The lowest BCUT2D eigenvalue weighted by Gasteiger charge is -2.33. The molecule has 2 rings (SSSR count). The van der Waals surface area contributed by atoms with Crippen molar-refractivity contribution in [1.82, 2.24) is 4.57 Å². The average molecular weight is 307 g/mol. The van der Waals surface area contributed by atoms with E-state index in [9.17, 15) is 14.4 Å². The van der Waals surface area contributed by atoms with Gasteiger partial charge in [-0.2, -0.15) is 0 Å². The Kier molecular flexibility index (Phi) is 4.68. The number of ether oxygens (including phenoxy) is 2. The summed E-state index contributed by atoms with van der Waals surface area (Å²) in [6.07, 6.45) is 4.78. The number of carbonyl (C=O) groups excluding carboxylic acids is 3. The third-order valence-electron chi connectivity index (χ3n) is 4.44. The molecule has 0 unspecified atom stereocenters. The van der Waals surface area contributed by atoms with Crippen molar-refractivity contribution >= 4 is 17.7 Å². The van der Waals surface area contributed by atoms with Gasteiger partial charge in [0.05, 0.1) is 14.2 Å². The van der Waals surface area contributed by atoms with Crippen LogP contribution in [0.1, 0.15) is 31.4 Å². The zero-order valence-electron chi connectivity index (χ0n) is 13.1. The molecule has 1 aliphatic carbocycles. The lowest BCUT2D eigenvalue weighted by molar-refractivity contribution is -0.163. The van der Waals surface area contributed by atoms with Crippen LogP contribution in [0, 0.1) is 12.8 Å². The molecule has 0 bridgehead atoms. The Morgan fingerprint density at radius 2 is 1.68 bits per heavy atom. The minimum absolute atomic E-state index is 0.442. The van der Waals surface area contributed by atoms with Crippen molar-refractivity contribution in [2.24, 2.45) is 5.92 Å². The van der Waals surface area contributed by atoms with Crippen molar-refractivity contribution in [2.45, 2.75) is 38.1 Å². The normalized spacial score (nSPS) is 16.5.